The summed E-state index contributed by atoms with van der Waals surface area (Å²) in [6.07, 6.45) is 2.92. The lowest BCUT2D eigenvalue weighted by Crippen LogP contribution is -2.37. The number of aryl methyl sites for hydroxylation is 2. The predicted octanol–water partition coefficient (Wildman–Crippen LogP) is 3.79. The van der Waals surface area contributed by atoms with Crippen molar-refractivity contribution in [1.82, 2.24) is 5.32 Å². The number of amides is 1. The first-order valence-corrected chi connectivity index (χ1v) is 12.2. The standard InChI is InChI=1S/C25H21NO6S/c1-14-18-10-20-21(16-6-4-3-5-7-16)12-31-23(20)15(2)24(18)32-25(28)19(14)11-22(27)26-17-8-9-33(29,30)13-17/h3-10,12,17H,11,13H2,1-2H3,(H,26,27). The first kappa shape index (κ1) is 21.2. The summed E-state index contributed by atoms with van der Waals surface area (Å²) in [5.41, 5.74) is 4.00. The number of benzene rings is 2. The van der Waals surface area contributed by atoms with Crippen LogP contribution in [0.15, 0.2) is 67.8 Å². The van der Waals surface area contributed by atoms with E-state index in [1.807, 2.05) is 43.3 Å². The Bertz CT molecular complexity index is 1610. The number of furan rings is 1. The topological polar surface area (TPSA) is 107 Å². The second kappa shape index (κ2) is 7.74. The number of fused-ring (bicyclic) bond motifs is 2. The lowest BCUT2D eigenvalue weighted by atomic mass is 9.97. The third-order valence-electron chi connectivity index (χ3n) is 6.04. The Labute approximate surface area is 189 Å². The van der Waals surface area contributed by atoms with Crippen molar-refractivity contribution >= 4 is 37.7 Å². The van der Waals surface area contributed by atoms with Gasteiger partial charge < -0.3 is 14.2 Å². The van der Waals surface area contributed by atoms with E-state index in [0.717, 1.165) is 27.3 Å². The Kier molecular flexibility index (Phi) is 4.97. The third kappa shape index (κ3) is 3.76. The van der Waals surface area contributed by atoms with Crippen LogP contribution < -0.4 is 10.9 Å². The predicted molar refractivity (Wildman–Crippen MR) is 126 cm³/mol. The minimum Gasteiger partial charge on any atom is -0.463 e. The number of rotatable bonds is 4. The summed E-state index contributed by atoms with van der Waals surface area (Å²) >= 11 is 0. The van der Waals surface area contributed by atoms with Gasteiger partial charge in [-0.25, -0.2) is 13.2 Å². The van der Waals surface area contributed by atoms with Crippen molar-refractivity contribution < 1.29 is 22.0 Å². The quantitative estimate of drug-likeness (QED) is 0.462. The molecule has 4 aromatic rings. The smallest absolute Gasteiger partial charge is 0.340 e. The zero-order valence-electron chi connectivity index (χ0n) is 18.0. The van der Waals surface area contributed by atoms with Crippen molar-refractivity contribution in [1.29, 1.82) is 0 Å². The van der Waals surface area contributed by atoms with E-state index in [2.05, 4.69) is 5.32 Å². The number of nitrogens with one attached hydrogen (secondary N) is 1. The molecule has 2 aromatic heterocycles. The van der Waals surface area contributed by atoms with Crippen molar-refractivity contribution in [2.75, 3.05) is 5.75 Å². The second-order valence-electron chi connectivity index (χ2n) is 8.27. The molecule has 5 rings (SSSR count). The Hall–Kier alpha value is -3.65. The molecule has 0 aliphatic carbocycles. The van der Waals surface area contributed by atoms with Gasteiger partial charge in [0.2, 0.25) is 5.91 Å². The van der Waals surface area contributed by atoms with Crippen molar-refractivity contribution in [2.45, 2.75) is 26.3 Å². The maximum atomic E-state index is 12.8. The number of sulfone groups is 1. The van der Waals surface area contributed by atoms with Crippen LogP contribution in [0.1, 0.15) is 16.7 Å². The van der Waals surface area contributed by atoms with Crippen molar-refractivity contribution in [3.63, 3.8) is 0 Å². The molecule has 1 unspecified atom stereocenters. The number of carbonyl (C=O) groups is 1. The minimum atomic E-state index is -3.29. The van der Waals surface area contributed by atoms with Gasteiger partial charge in [0, 0.05) is 27.3 Å². The van der Waals surface area contributed by atoms with Crippen molar-refractivity contribution in [3.05, 3.63) is 81.3 Å². The van der Waals surface area contributed by atoms with Gasteiger partial charge in [-0.15, -0.1) is 0 Å². The highest BCUT2D eigenvalue weighted by Crippen LogP contribution is 2.37. The summed E-state index contributed by atoms with van der Waals surface area (Å²) in [5, 5.41) is 5.36. The van der Waals surface area contributed by atoms with Crippen LogP contribution in [-0.4, -0.2) is 26.1 Å². The Balaban J connectivity index is 1.57. The van der Waals surface area contributed by atoms with E-state index >= 15 is 0 Å². The molecule has 7 nitrogen and oxygen atoms in total. The van der Waals surface area contributed by atoms with E-state index in [4.69, 9.17) is 8.83 Å². The molecule has 3 heterocycles. The molecule has 168 valence electrons. The zero-order valence-corrected chi connectivity index (χ0v) is 18.9. The average molecular weight is 464 g/mol. The molecule has 1 amide bonds. The highest BCUT2D eigenvalue weighted by molar-refractivity contribution is 7.94. The lowest BCUT2D eigenvalue weighted by Gasteiger charge is -2.12. The summed E-state index contributed by atoms with van der Waals surface area (Å²) in [7, 11) is -3.29. The molecule has 0 saturated carbocycles. The largest absolute Gasteiger partial charge is 0.463 e. The molecule has 2 aromatic carbocycles. The van der Waals surface area contributed by atoms with Crippen LogP contribution in [0.5, 0.6) is 0 Å². The average Bonchev–Trinajstić information content (AvgIpc) is 3.35. The first-order chi connectivity index (χ1) is 15.7. The van der Waals surface area contributed by atoms with Gasteiger partial charge in [0.25, 0.3) is 0 Å². The molecule has 33 heavy (non-hydrogen) atoms. The van der Waals surface area contributed by atoms with E-state index in [1.54, 1.807) is 13.2 Å². The van der Waals surface area contributed by atoms with E-state index in [1.165, 1.54) is 6.08 Å². The maximum Gasteiger partial charge on any atom is 0.340 e. The van der Waals surface area contributed by atoms with Crippen LogP contribution in [-0.2, 0) is 21.1 Å². The monoisotopic (exact) mass is 463 g/mol. The van der Waals surface area contributed by atoms with Gasteiger partial charge in [-0.3, -0.25) is 4.79 Å². The molecule has 0 fully saturated rings. The fourth-order valence-electron chi connectivity index (χ4n) is 4.33. The first-order valence-electron chi connectivity index (χ1n) is 10.5. The SMILES string of the molecule is Cc1c(CC(=O)NC2C=CS(=O)(=O)C2)c(=O)oc2c(C)c3occ(-c4ccccc4)c3cc12. The fraction of sp³-hybridized carbons (Fsp3) is 0.200. The Morgan fingerprint density at radius 1 is 1.09 bits per heavy atom. The summed E-state index contributed by atoms with van der Waals surface area (Å²) < 4.78 is 34.6. The fourth-order valence-corrected chi connectivity index (χ4v) is 5.56. The zero-order chi connectivity index (χ0) is 23.3. The van der Waals surface area contributed by atoms with E-state index in [0.29, 0.717) is 22.3 Å². The number of carbonyl (C=O) groups excluding carboxylic acids is 1. The van der Waals surface area contributed by atoms with Gasteiger partial charge in [-0.05, 0) is 37.1 Å². The molecular weight excluding hydrogens is 442 g/mol. The van der Waals surface area contributed by atoms with Crippen LogP contribution in [0.4, 0.5) is 0 Å². The number of hydrogen-bond acceptors (Lipinski definition) is 6. The van der Waals surface area contributed by atoms with Gasteiger partial charge in [0.1, 0.15) is 11.2 Å². The van der Waals surface area contributed by atoms with Gasteiger partial charge in [0.05, 0.1) is 30.0 Å². The minimum absolute atomic E-state index is 0.177. The van der Waals surface area contributed by atoms with Crippen molar-refractivity contribution in [3.8, 4) is 11.1 Å². The summed E-state index contributed by atoms with van der Waals surface area (Å²) in [4.78, 5) is 25.3. The summed E-state index contributed by atoms with van der Waals surface area (Å²) in [6, 6.07) is 11.2. The molecule has 1 atom stereocenters. The highest BCUT2D eigenvalue weighted by atomic mass is 32.2. The summed E-state index contributed by atoms with van der Waals surface area (Å²) in [6.45, 7) is 3.62. The van der Waals surface area contributed by atoms with Crippen LogP contribution in [0.2, 0.25) is 0 Å². The Morgan fingerprint density at radius 2 is 1.85 bits per heavy atom. The van der Waals surface area contributed by atoms with E-state index in [-0.39, 0.29) is 17.7 Å². The van der Waals surface area contributed by atoms with Gasteiger partial charge in [0.15, 0.2) is 9.84 Å². The van der Waals surface area contributed by atoms with Crippen LogP contribution in [0, 0.1) is 13.8 Å². The molecule has 1 aliphatic heterocycles. The van der Waals surface area contributed by atoms with Crippen LogP contribution in [0.3, 0.4) is 0 Å². The lowest BCUT2D eigenvalue weighted by molar-refractivity contribution is -0.120. The normalized spacial score (nSPS) is 17.1. The van der Waals surface area contributed by atoms with E-state index < -0.39 is 27.4 Å². The molecular formula is C25H21NO6S. The molecule has 0 saturated heterocycles. The summed E-state index contributed by atoms with van der Waals surface area (Å²) in [5.74, 6) is -0.619. The molecule has 0 radical (unpaired) electrons. The molecule has 1 aliphatic rings. The number of hydrogen-bond donors (Lipinski definition) is 1. The molecule has 8 heteroatoms. The third-order valence-corrected chi connectivity index (χ3v) is 7.44. The highest BCUT2D eigenvalue weighted by Gasteiger charge is 2.25. The molecule has 0 spiro atoms. The molecule has 1 N–H and O–H groups in total. The molecule has 0 bridgehead atoms. The Morgan fingerprint density at radius 3 is 2.55 bits per heavy atom. The van der Waals surface area contributed by atoms with Crippen LogP contribution in [0.25, 0.3) is 33.1 Å². The van der Waals surface area contributed by atoms with E-state index in [9.17, 15) is 18.0 Å². The maximum absolute atomic E-state index is 12.8. The van der Waals surface area contributed by atoms with Gasteiger partial charge >= 0.3 is 5.63 Å². The van der Waals surface area contributed by atoms with Gasteiger partial charge in [-0.2, -0.15) is 0 Å². The van der Waals surface area contributed by atoms with Crippen LogP contribution >= 0.6 is 0 Å². The van der Waals surface area contributed by atoms with Gasteiger partial charge in [-0.1, -0.05) is 30.3 Å². The second-order valence-corrected chi connectivity index (χ2v) is 10.2. The van der Waals surface area contributed by atoms with Crippen molar-refractivity contribution in [2.24, 2.45) is 0 Å².